The van der Waals surface area contributed by atoms with Crippen LogP contribution < -0.4 is 10.6 Å². The van der Waals surface area contributed by atoms with Crippen molar-refractivity contribution in [1.29, 1.82) is 0 Å². The maximum Gasteiger partial charge on any atom is 0.191 e. The van der Waals surface area contributed by atoms with Crippen LogP contribution >= 0.6 is 24.0 Å². The van der Waals surface area contributed by atoms with Crippen molar-refractivity contribution in [3.8, 4) is 0 Å². The average Bonchev–Trinajstić information content (AvgIpc) is 2.61. The van der Waals surface area contributed by atoms with Crippen LogP contribution in [0.1, 0.15) is 51.7 Å². The lowest BCUT2D eigenvalue weighted by Crippen LogP contribution is -2.45. The van der Waals surface area contributed by atoms with Gasteiger partial charge in [-0.2, -0.15) is 0 Å². The van der Waals surface area contributed by atoms with E-state index in [4.69, 9.17) is 9.73 Å². The molecule has 1 aliphatic rings. The first-order chi connectivity index (χ1) is 12.0. The summed E-state index contributed by atoms with van der Waals surface area (Å²) in [6.45, 7) is 14.3. The van der Waals surface area contributed by atoms with Gasteiger partial charge in [-0.15, -0.1) is 24.0 Å². The second kappa shape index (κ2) is 11.1. The van der Waals surface area contributed by atoms with Crippen LogP contribution in [0.15, 0.2) is 29.3 Å². The molecule has 0 saturated carbocycles. The molecule has 1 aromatic rings. The molecule has 1 saturated heterocycles. The minimum absolute atomic E-state index is 0. The molecule has 0 radical (unpaired) electrons. The van der Waals surface area contributed by atoms with E-state index in [9.17, 15) is 0 Å². The molecule has 1 fully saturated rings. The molecular formula is C21H36IN3O. The quantitative estimate of drug-likeness (QED) is 0.369. The fourth-order valence-electron chi connectivity index (χ4n) is 3.38. The van der Waals surface area contributed by atoms with Crippen LogP contribution in [0, 0.1) is 12.8 Å². The van der Waals surface area contributed by atoms with Crippen LogP contribution in [-0.2, 0) is 10.2 Å². The average molecular weight is 473 g/mol. The minimum atomic E-state index is 0. The third-order valence-electron chi connectivity index (χ3n) is 5.41. The SMILES string of the molecule is CCNC(=NCC1(c2ccccc2C)CCOCC1)NC(C)C(C)C.I. The molecule has 1 aromatic carbocycles. The highest BCUT2D eigenvalue weighted by Gasteiger charge is 2.35. The van der Waals surface area contributed by atoms with E-state index in [1.807, 2.05) is 0 Å². The number of nitrogens with zero attached hydrogens (tertiary/aromatic N) is 1. The third-order valence-corrected chi connectivity index (χ3v) is 5.41. The largest absolute Gasteiger partial charge is 0.381 e. The van der Waals surface area contributed by atoms with Crippen molar-refractivity contribution < 1.29 is 4.74 Å². The van der Waals surface area contributed by atoms with Gasteiger partial charge in [0.05, 0.1) is 6.54 Å². The van der Waals surface area contributed by atoms with E-state index in [1.54, 1.807) is 0 Å². The Bertz CT molecular complexity index is 568. The normalized spacial score (nSPS) is 18.2. The molecule has 148 valence electrons. The summed E-state index contributed by atoms with van der Waals surface area (Å²) in [5.41, 5.74) is 2.86. The zero-order valence-electron chi connectivity index (χ0n) is 17.0. The van der Waals surface area contributed by atoms with Crippen LogP contribution in [0.2, 0.25) is 0 Å². The summed E-state index contributed by atoms with van der Waals surface area (Å²) in [5.74, 6) is 1.49. The van der Waals surface area contributed by atoms with E-state index < -0.39 is 0 Å². The first-order valence-corrected chi connectivity index (χ1v) is 9.67. The number of aryl methyl sites for hydroxylation is 1. The monoisotopic (exact) mass is 473 g/mol. The van der Waals surface area contributed by atoms with Crippen LogP contribution in [0.5, 0.6) is 0 Å². The van der Waals surface area contributed by atoms with E-state index >= 15 is 0 Å². The lowest BCUT2D eigenvalue weighted by molar-refractivity contribution is 0.0529. The second-order valence-electron chi connectivity index (χ2n) is 7.58. The molecule has 0 bridgehead atoms. The molecule has 26 heavy (non-hydrogen) atoms. The number of benzene rings is 1. The minimum Gasteiger partial charge on any atom is -0.381 e. The Kier molecular flexibility index (Phi) is 9.93. The maximum atomic E-state index is 5.66. The second-order valence-corrected chi connectivity index (χ2v) is 7.58. The van der Waals surface area contributed by atoms with Crippen molar-refractivity contribution in [3.63, 3.8) is 0 Å². The number of rotatable bonds is 6. The summed E-state index contributed by atoms with van der Waals surface area (Å²) in [6.07, 6.45) is 2.06. The van der Waals surface area contributed by atoms with Gasteiger partial charge in [0.1, 0.15) is 0 Å². The predicted molar refractivity (Wildman–Crippen MR) is 122 cm³/mol. The van der Waals surface area contributed by atoms with E-state index in [1.165, 1.54) is 11.1 Å². The predicted octanol–water partition coefficient (Wildman–Crippen LogP) is 4.26. The van der Waals surface area contributed by atoms with E-state index in [0.29, 0.717) is 12.0 Å². The fraction of sp³-hybridized carbons (Fsp3) is 0.667. The zero-order valence-corrected chi connectivity index (χ0v) is 19.3. The Labute approximate surface area is 176 Å². The van der Waals surface area contributed by atoms with E-state index in [-0.39, 0.29) is 29.4 Å². The lowest BCUT2D eigenvalue weighted by Gasteiger charge is -2.38. The van der Waals surface area contributed by atoms with Crippen LogP contribution in [-0.4, -0.2) is 38.3 Å². The molecule has 0 spiro atoms. The molecule has 1 unspecified atom stereocenters. The lowest BCUT2D eigenvalue weighted by atomic mass is 9.72. The summed E-state index contributed by atoms with van der Waals surface area (Å²) in [7, 11) is 0. The zero-order chi connectivity index (χ0) is 18.3. The number of nitrogens with one attached hydrogen (secondary N) is 2. The highest BCUT2D eigenvalue weighted by molar-refractivity contribution is 14.0. The van der Waals surface area contributed by atoms with Crippen LogP contribution in [0.25, 0.3) is 0 Å². The highest BCUT2D eigenvalue weighted by Crippen LogP contribution is 2.37. The Morgan fingerprint density at radius 1 is 1.19 bits per heavy atom. The summed E-state index contributed by atoms with van der Waals surface area (Å²) < 4.78 is 5.66. The van der Waals surface area contributed by atoms with E-state index in [2.05, 4.69) is 69.5 Å². The van der Waals surface area contributed by atoms with Gasteiger partial charge >= 0.3 is 0 Å². The Morgan fingerprint density at radius 2 is 1.85 bits per heavy atom. The van der Waals surface area contributed by atoms with Crippen molar-refractivity contribution in [2.75, 3.05) is 26.3 Å². The molecular weight excluding hydrogens is 437 g/mol. The van der Waals surface area contributed by atoms with Gasteiger partial charge in [0, 0.05) is 31.2 Å². The molecule has 0 aliphatic carbocycles. The first-order valence-electron chi connectivity index (χ1n) is 9.67. The summed E-state index contributed by atoms with van der Waals surface area (Å²) in [6, 6.07) is 9.13. The standard InChI is InChI=1S/C21H35N3O.HI/c1-6-22-20(24-18(5)16(2)3)23-15-21(11-13-25-14-12-21)19-10-8-7-9-17(19)4;/h7-10,16,18H,6,11-15H2,1-5H3,(H2,22,23,24);1H. The smallest absolute Gasteiger partial charge is 0.191 e. The number of hydrogen-bond donors (Lipinski definition) is 2. The van der Waals surface area contributed by atoms with E-state index in [0.717, 1.165) is 45.1 Å². The molecule has 0 aromatic heterocycles. The number of ether oxygens (including phenoxy) is 1. The molecule has 1 aliphatic heterocycles. The van der Waals surface area contributed by atoms with Crippen LogP contribution in [0.3, 0.4) is 0 Å². The molecule has 1 atom stereocenters. The number of aliphatic imine (C=N–C) groups is 1. The fourth-order valence-corrected chi connectivity index (χ4v) is 3.38. The Hall–Kier alpha value is -0.820. The number of halogens is 1. The first kappa shape index (κ1) is 23.2. The summed E-state index contributed by atoms with van der Waals surface area (Å²) >= 11 is 0. The molecule has 0 amide bonds. The van der Waals surface area contributed by atoms with Crippen molar-refractivity contribution >= 4 is 29.9 Å². The number of hydrogen-bond acceptors (Lipinski definition) is 2. The summed E-state index contributed by atoms with van der Waals surface area (Å²) in [5, 5.41) is 6.95. The van der Waals surface area contributed by atoms with Gasteiger partial charge in [-0.05, 0) is 50.7 Å². The molecule has 1 heterocycles. The van der Waals surface area contributed by atoms with Gasteiger partial charge in [0.15, 0.2) is 5.96 Å². The Balaban J connectivity index is 0.00000338. The van der Waals surface area contributed by atoms with Gasteiger partial charge < -0.3 is 15.4 Å². The topological polar surface area (TPSA) is 45.7 Å². The van der Waals surface area contributed by atoms with Gasteiger partial charge in [-0.1, -0.05) is 38.1 Å². The Morgan fingerprint density at radius 3 is 2.42 bits per heavy atom. The molecule has 4 nitrogen and oxygen atoms in total. The number of guanidine groups is 1. The molecule has 2 rings (SSSR count). The maximum absolute atomic E-state index is 5.66. The third kappa shape index (κ3) is 6.12. The summed E-state index contributed by atoms with van der Waals surface area (Å²) in [4.78, 5) is 4.99. The van der Waals surface area contributed by atoms with Crippen molar-refractivity contribution in [1.82, 2.24) is 10.6 Å². The van der Waals surface area contributed by atoms with Gasteiger partial charge in [-0.3, -0.25) is 4.99 Å². The van der Waals surface area contributed by atoms with Crippen LogP contribution in [0.4, 0.5) is 0 Å². The van der Waals surface area contributed by atoms with Crippen molar-refractivity contribution in [2.45, 2.75) is 58.9 Å². The van der Waals surface area contributed by atoms with Gasteiger partial charge in [0.2, 0.25) is 0 Å². The highest BCUT2D eigenvalue weighted by atomic mass is 127. The molecule has 5 heteroatoms. The van der Waals surface area contributed by atoms with Crippen molar-refractivity contribution in [2.24, 2.45) is 10.9 Å². The molecule has 2 N–H and O–H groups in total. The van der Waals surface area contributed by atoms with Gasteiger partial charge in [-0.25, -0.2) is 0 Å². The van der Waals surface area contributed by atoms with Crippen molar-refractivity contribution in [3.05, 3.63) is 35.4 Å². The van der Waals surface area contributed by atoms with Gasteiger partial charge in [0.25, 0.3) is 0 Å².